The van der Waals surface area contributed by atoms with E-state index in [0.29, 0.717) is 12.0 Å². The average Bonchev–Trinajstić information content (AvgIpc) is 3.04. The lowest BCUT2D eigenvalue weighted by Crippen LogP contribution is -2.33. The molecule has 0 aliphatic carbocycles. The molecule has 1 aromatic heterocycles. The van der Waals surface area contributed by atoms with Crippen LogP contribution in [-0.2, 0) is 13.0 Å². The van der Waals surface area contributed by atoms with E-state index in [-0.39, 0.29) is 0 Å². The van der Waals surface area contributed by atoms with Gasteiger partial charge in [0.05, 0.1) is 5.69 Å². The van der Waals surface area contributed by atoms with Crippen LogP contribution in [0.3, 0.4) is 0 Å². The first-order chi connectivity index (χ1) is 9.67. The molecule has 0 amide bonds. The summed E-state index contributed by atoms with van der Waals surface area (Å²) < 4.78 is 0. The Hall–Kier alpha value is -0.610. The molecular formula is C16H29N3S. The van der Waals surface area contributed by atoms with Crippen LogP contribution in [0.25, 0.3) is 0 Å². The van der Waals surface area contributed by atoms with E-state index in [4.69, 9.17) is 4.98 Å². The average molecular weight is 295 g/mol. The lowest BCUT2D eigenvalue weighted by molar-refractivity contribution is 0.491. The number of nitrogens with zero attached hydrogens (tertiary/aromatic N) is 2. The van der Waals surface area contributed by atoms with Crippen molar-refractivity contribution < 1.29 is 0 Å². The lowest BCUT2D eigenvalue weighted by Gasteiger charge is -2.27. The zero-order valence-electron chi connectivity index (χ0n) is 13.4. The number of anilines is 1. The molecule has 0 bridgehead atoms. The smallest absolute Gasteiger partial charge is 0.186 e. The number of hydrogen-bond donors (Lipinski definition) is 1. The van der Waals surface area contributed by atoms with Crippen molar-refractivity contribution in [2.45, 2.75) is 66.0 Å². The maximum atomic E-state index is 4.93. The van der Waals surface area contributed by atoms with Crippen molar-refractivity contribution >= 4 is 16.5 Å². The van der Waals surface area contributed by atoms with Gasteiger partial charge in [0, 0.05) is 24.0 Å². The Kier molecular flexibility index (Phi) is 5.85. The number of aromatic nitrogens is 1. The summed E-state index contributed by atoms with van der Waals surface area (Å²) in [5.41, 5.74) is 1.29. The minimum atomic E-state index is 0.683. The highest BCUT2D eigenvalue weighted by Gasteiger charge is 2.29. The molecule has 1 saturated heterocycles. The van der Waals surface area contributed by atoms with E-state index < -0.39 is 0 Å². The Bertz CT molecular complexity index is 414. The maximum Gasteiger partial charge on any atom is 0.186 e. The third kappa shape index (κ3) is 3.53. The summed E-state index contributed by atoms with van der Waals surface area (Å²) in [6, 6.07) is 0.683. The van der Waals surface area contributed by atoms with Gasteiger partial charge in [-0.15, -0.1) is 11.3 Å². The van der Waals surface area contributed by atoms with Gasteiger partial charge < -0.3 is 10.2 Å². The summed E-state index contributed by atoms with van der Waals surface area (Å²) in [5, 5.41) is 4.77. The van der Waals surface area contributed by atoms with Crippen molar-refractivity contribution in [3.8, 4) is 0 Å². The highest BCUT2D eigenvalue weighted by Crippen LogP contribution is 2.34. The van der Waals surface area contributed by atoms with Gasteiger partial charge in [-0.25, -0.2) is 4.98 Å². The van der Waals surface area contributed by atoms with Crippen LogP contribution < -0.4 is 10.2 Å². The fourth-order valence-electron chi connectivity index (χ4n) is 3.01. The second-order valence-electron chi connectivity index (χ2n) is 6.04. The summed E-state index contributed by atoms with van der Waals surface area (Å²) in [4.78, 5) is 8.92. The van der Waals surface area contributed by atoms with Crippen LogP contribution in [0.1, 0.15) is 57.5 Å². The number of rotatable bonds is 7. The van der Waals surface area contributed by atoms with E-state index in [1.165, 1.54) is 41.5 Å². The summed E-state index contributed by atoms with van der Waals surface area (Å²) in [7, 11) is 0. The summed E-state index contributed by atoms with van der Waals surface area (Å²) in [6.07, 6.45) is 4.86. The van der Waals surface area contributed by atoms with Gasteiger partial charge in [-0.05, 0) is 38.1 Å². The van der Waals surface area contributed by atoms with Crippen LogP contribution in [0.4, 0.5) is 5.13 Å². The second-order valence-corrected chi connectivity index (χ2v) is 7.11. The molecule has 0 radical (unpaired) electrons. The van der Waals surface area contributed by atoms with Crippen molar-refractivity contribution in [3.63, 3.8) is 0 Å². The van der Waals surface area contributed by atoms with Gasteiger partial charge in [0.1, 0.15) is 0 Å². The zero-order chi connectivity index (χ0) is 14.5. The second kappa shape index (κ2) is 7.41. The normalized spacial score (nSPS) is 19.2. The third-order valence-corrected chi connectivity index (χ3v) is 5.26. The summed E-state index contributed by atoms with van der Waals surface area (Å²) in [5.74, 6) is 0.716. The van der Waals surface area contributed by atoms with Crippen LogP contribution in [0, 0.1) is 5.92 Å². The van der Waals surface area contributed by atoms with Crippen molar-refractivity contribution in [2.75, 3.05) is 18.0 Å². The first kappa shape index (κ1) is 15.8. The monoisotopic (exact) mass is 295 g/mol. The Morgan fingerprint density at radius 1 is 1.40 bits per heavy atom. The van der Waals surface area contributed by atoms with Crippen molar-refractivity contribution in [3.05, 3.63) is 10.6 Å². The molecule has 1 atom stereocenters. The van der Waals surface area contributed by atoms with Crippen LogP contribution in [-0.4, -0.2) is 24.1 Å². The maximum absolute atomic E-state index is 4.93. The van der Waals surface area contributed by atoms with E-state index in [0.717, 1.165) is 19.5 Å². The van der Waals surface area contributed by atoms with Gasteiger partial charge in [-0.3, -0.25) is 0 Å². The van der Waals surface area contributed by atoms with E-state index in [1.54, 1.807) is 0 Å². The fraction of sp³-hybridized carbons (Fsp3) is 0.812. The quantitative estimate of drug-likeness (QED) is 0.775. The predicted octanol–water partition coefficient (Wildman–Crippen LogP) is 3.83. The van der Waals surface area contributed by atoms with Crippen LogP contribution in [0.15, 0.2) is 0 Å². The summed E-state index contributed by atoms with van der Waals surface area (Å²) >= 11 is 1.91. The van der Waals surface area contributed by atoms with E-state index >= 15 is 0 Å². The van der Waals surface area contributed by atoms with E-state index in [1.807, 2.05) is 11.3 Å². The van der Waals surface area contributed by atoms with Crippen LogP contribution in [0.5, 0.6) is 0 Å². The largest absolute Gasteiger partial charge is 0.345 e. The predicted molar refractivity (Wildman–Crippen MR) is 88.7 cm³/mol. The molecule has 1 N–H and O–H groups in total. The standard InChI is InChI=1S/C16H29N3S/c1-5-9-17-11-15-13(6-2)18-16(20-15)19-10-7-8-14(19)12(3)4/h12,14,17H,5-11H2,1-4H3. The minimum absolute atomic E-state index is 0.683. The van der Waals surface area contributed by atoms with Crippen molar-refractivity contribution in [2.24, 2.45) is 5.92 Å². The van der Waals surface area contributed by atoms with Crippen LogP contribution >= 0.6 is 11.3 Å². The molecule has 0 saturated carbocycles. The molecule has 1 aromatic rings. The third-order valence-electron chi connectivity index (χ3n) is 4.13. The molecule has 1 fully saturated rings. The van der Waals surface area contributed by atoms with E-state index in [9.17, 15) is 0 Å². The summed E-state index contributed by atoms with van der Waals surface area (Å²) in [6.45, 7) is 12.3. The molecule has 0 spiro atoms. The molecule has 20 heavy (non-hydrogen) atoms. The molecule has 2 heterocycles. The molecule has 1 unspecified atom stereocenters. The van der Waals surface area contributed by atoms with Crippen molar-refractivity contribution in [1.82, 2.24) is 10.3 Å². The Morgan fingerprint density at radius 3 is 2.85 bits per heavy atom. The molecule has 1 aliphatic heterocycles. The van der Waals surface area contributed by atoms with Gasteiger partial charge in [-0.2, -0.15) is 0 Å². The Balaban J connectivity index is 2.11. The molecule has 0 aromatic carbocycles. The highest BCUT2D eigenvalue weighted by molar-refractivity contribution is 7.15. The van der Waals surface area contributed by atoms with Crippen molar-refractivity contribution in [1.29, 1.82) is 0 Å². The number of aryl methyl sites for hydroxylation is 1. The van der Waals surface area contributed by atoms with Gasteiger partial charge in [0.15, 0.2) is 5.13 Å². The first-order valence-corrected chi connectivity index (χ1v) is 8.94. The van der Waals surface area contributed by atoms with Crippen LogP contribution in [0.2, 0.25) is 0 Å². The highest BCUT2D eigenvalue weighted by atomic mass is 32.1. The lowest BCUT2D eigenvalue weighted by atomic mass is 10.0. The SMILES string of the molecule is CCCNCc1sc(N2CCCC2C(C)C)nc1CC. The number of hydrogen-bond acceptors (Lipinski definition) is 4. The molecule has 4 heteroatoms. The zero-order valence-corrected chi connectivity index (χ0v) is 14.2. The van der Waals surface area contributed by atoms with Gasteiger partial charge in [-0.1, -0.05) is 27.7 Å². The minimum Gasteiger partial charge on any atom is -0.345 e. The number of thiazole rings is 1. The molecular weight excluding hydrogens is 266 g/mol. The molecule has 1 aliphatic rings. The fourth-order valence-corrected chi connectivity index (χ4v) is 4.21. The molecule has 2 rings (SSSR count). The van der Waals surface area contributed by atoms with E-state index in [2.05, 4.69) is 37.9 Å². The first-order valence-electron chi connectivity index (χ1n) is 8.13. The van der Waals surface area contributed by atoms with Gasteiger partial charge >= 0.3 is 0 Å². The molecule has 3 nitrogen and oxygen atoms in total. The topological polar surface area (TPSA) is 28.2 Å². The van der Waals surface area contributed by atoms with Gasteiger partial charge in [0.2, 0.25) is 0 Å². The Labute approximate surface area is 127 Å². The van der Waals surface area contributed by atoms with Gasteiger partial charge in [0.25, 0.3) is 0 Å². The Morgan fingerprint density at radius 2 is 2.20 bits per heavy atom. The number of nitrogens with one attached hydrogen (secondary N) is 1. The molecule has 114 valence electrons.